The zero-order valence-electron chi connectivity index (χ0n) is 14.9. The molecule has 23 heavy (non-hydrogen) atoms. The maximum absolute atomic E-state index is 6.32. The zero-order chi connectivity index (χ0) is 16.4. The second kappa shape index (κ2) is 5.40. The molecule has 0 aromatic carbocycles. The van der Waals surface area contributed by atoms with E-state index in [2.05, 4.69) is 13.8 Å². The first-order chi connectivity index (χ1) is 10.9. The van der Waals surface area contributed by atoms with Crippen molar-refractivity contribution in [1.82, 2.24) is 0 Å². The van der Waals surface area contributed by atoms with Gasteiger partial charge in [-0.05, 0) is 51.9 Å². The standard InChI is InChI=1S/C18H30O5/c1-10(2)19-15-12(4)14-7-6-11(3)13-8-9-17(5)21-16(20-15)18(13,14)23-22-17/h10-16H,6-9H2,1-5H3/t11-,12-,13+,14+,15+,16-,17-,18-/m1/s1. The fourth-order valence-corrected chi connectivity index (χ4v) is 5.30. The van der Waals surface area contributed by atoms with E-state index in [1.54, 1.807) is 0 Å². The molecule has 1 aliphatic carbocycles. The molecule has 0 unspecified atom stereocenters. The Kier molecular flexibility index (Phi) is 3.82. The molecule has 4 heterocycles. The van der Waals surface area contributed by atoms with Crippen LogP contribution in [0.25, 0.3) is 0 Å². The van der Waals surface area contributed by atoms with E-state index in [0.717, 1.165) is 19.3 Å². The van der Waals surface area contributed by atoms with Crippen molar-refractivity contribution >= 4 is 0 Å². The number of rotatable bonds is 2. The van der Waals surface area contributed by atoms with E-state index in [1.807, 2.05) is 20.8 Å². The van der Waals surface area contributed by atoms with Crippen molar-refractivity contribution in [3.05, 3.63) is 0 Å². The van der Waals surface area contributed by atoms with E-state index in [9.17, 15) is 0 Å². The Morgan fingerprint density at radius 2 is 1.83 bits per heavy atom. The summed E-state index contributed by atoms with van der Waals surface area (Å²) in [5.41, 5.74) is -0.482. The van der Waals surface area contributed by atoms with Gasteiger partial charge in [-0.15, -0.1) is 0 Å². The fourth-order valence-electron chi connectivity index (χ4n) is 5.30. The van der Waals surface area contributed by atoms with Crippen molar-refractivity contribution < 1.29 is 24.0 Å². The van der Waals surface area contributed by atoms with Crippen LogP contribution in [0.3, 0.4) is 0 Å². The topological polar surface area (TPSA) is 46.2 Å². The minimum Gasteiger partial charge on any atom is -0.350 e. The molecule has 4 saturated heterocycles. The molecular formula is C18H30O5. The van der Waals surface area contributed by atoms with Gasteiger partial charge in [0.2, 0.25) is 5.79 Å². The average Bonchev–Trinajstić information content (AvgIpc) is 2.70. The Balaban J connectivity index is 1.73. The Morgan fingerprint density at radius 3 is 2.57 bits per heavy atom. The van der Waals surface area contributed by atoms with Crippen LogP contribution < -0.4 is 0 Å². The molecular weight excluding hydrogens is 296 g/mol. The van der Waals surface area contributed by atoms with Crippen LogP contribution in [-0.4, -0.2) is 30.1 Å². The summed E-state index contributed by atoms with van der Waals surface area (Å²) in [6.45, 7) is 10.6. The summed E-state index contributed by atoms with van der Waals surface area (Å²) >= 11 is 0. The van der Waals surface area contributed by atoms with E-state index >= 15 is 0 Å². The van der Waals surface area contributed by atoms with Crippen LogP contribution >= 0.6 is 0 Å². The summed E-state index contributed by atoms with van der Waals surface area (Å²) in [5, 5.41) is 0. The normalized spacial score (nSPS) is 55.6. The van der Waals surface area contributed by atoms with E-state index in [0.29, 0.717) is 17.8 Å². The molecule has 5 nitrogen and oxygen atoms in total. The first kappa shape index (κ1) is 16.3. The van der Waals surface area contributed by atoms with Gasteiger partial charge < -0.3 is 14.2 Å². The highest BCUT2D eigenvalue weighted by atomic mass is 17.3. The number of ether oxygens (including phenoxy) is 3. The molecule has 8 atom stereocenters. The molecule has 5 heteroatoms. The zero-order valence-corrected chi connectivity index (χ0v) is 14.9. The fraction of sp³-hybridized carbons (Fsp3) is 1.00. The van der Waals surface area contributed by atoms with Crippen LogP contribution in [-0.2, 0) is 24.0 Å². The summed E-state index contributed by atoms with van der Waals surface area (Å²) in [6, 6.07) is 0. The second-order valence-corrected chi connectivity index (χ2v) is 8.46. The van der Waals surface area contributed by atoms with Crippen molar-refractivity contribution in [3.8, 4) is 0 Å². The average molecular weight is 326 g/mol. The third-order valence-electron chi connectivity index (χ3n) is 6.50. The van der Waals surface area contributed by atoms with E-state index in [-0.39, 0.29) is 18.3 Å². The largest absolute Gasteiger partial charge is 0.350 e. The second-order valence-electron chi connectivity index (χ2n) is 8.46. The van der Waals surface area contributed by atoms with Gasteiger partial charge in [-0.25, -0.2) is 9.78 Å². The predicted octanol–water partition coefficient (Wildman–Crippen LogP) is 3.62. The van der Waals surface area contributed by atoms with Crippen molar-refractivity contribution in [2.24, 2.45) is 23.7 Å². The minimum absolute atomic E-state index is 0.130. The van der Waals surface area contributed by atoms with Crippen molar-refractivity contribution in [3.63, 3.8) is 0 Å². The van der Waals surface area contributed by atoms with Gasteiger partial charge >= 0.3 is 0 Å². The van der Waals surface area contributed by atoms with Gasteiger partial charge in [-0.1, -0.05) is 13.8 Å². The molecule has 1 saturated carbocycles. The Labute approximate surface area is 138 Å². The van der Waals surface area contributed by atoms with Crippen LogP contribution in [0.5, 0.6) is 0 Å². The lowest BCUT2D eigenvalue weighted by molar-refractivity contribution is -0.578. The van der Waals surface area contributed by atoms with Crippen LogP contribution in [0.1, 0.15) is 60.3 Å². The van der Waals surface area contributed by atoms with Gasteiger partial charge in [0.1, 0.15) is 0 Å². The molecule has 5 fully saturated rings. The smallest absolute Gasteiger partial charge is 0.201 e. The Morgan fingerprint density at radius 1 is 1.04 bits per heavy atom. The summed E-state index contributed by atoms with van der Waals surface area (Å²) in [5.74, 6) is 0.908. The van der Waals surface area contributed by atoms with Gasteiger partial charge in [0.05, 0.1) is 6.10 Å². The minimum atomic E-state index is -0.708. The lowest BCUT2D eigenvalue weighted by Crippen LogP contribution is -2.70. The molecule has 0 aromatic rings. The SMILES string of the molecule is CC(C)O[C@H]1O[C@@H]2O[C@@]3(C)CC[C@H]4[C@H](C)CC[C@@H]([C@H]1C)[C@@]24OO3. The molecule has 5 aliphatic rings. The van der Waals surface area contributed by atoms with E-state index in [1.165, 1.54) is 6.42 Å². The Bertz CT molecular complexity index is 468. The molecule has 0 amide bonds. The molecule has 0 radical (unpaired) electrons. The van der Waals surface area contributed by atoms with Crippen molar-refractivity contribution in [2.45, 2.75) is 90.4 Å². The number of hydrogen-bond donors (Lipinski definition) is 0. The molecule has 1 spiro atoms. The summed E-state index contributed by atoms with van der Waals surface area (Å²) in [7, 11) is 0. The highest BCUT2D eigenvalue weighted by Gasteiger charge is 2.69. The van der Waals surface area contributed by atoms with Gasteiger partial charge in [-0.3, -0.25) is 0 Å². The number of fused-ring (bicyclic) bond motifs is 2. The van der Waals surface area contributed by atoms with Crippen LogP contribution in [0.2, 0.25) is 0 Å². The molecule has 4 aliphatic heterocycles. The van der Waals surface area contributed by atoms with Crippen LogP contribution in [0.4, 0.5) is 0 Å². The highest BCUT2D eigenvalue weighted by molar-refractivity contribution is 5.09. The molecule has 0 N–H and O–H groups in total. The van der Waals surface area contributed by atoms with Crippen molar-refractivity contribution in [1.29, 1.82) is 0 Å². The molecule has 2 bridgehead atoms. The molecule has 132 valence electrons. The highest BCUT2D eigenvalue weighted by Crippen LogP contribution is 2.60. The van der Waals surface area contributed by atoms with Gasteiger partial charge in [0.15, 0.2) is 18.2 Å². The van der Waals surface area contributed by atoms with Crippen LogP contribution in [0, 0.1) is 23.7 Å². The van der Waals surface area contributed by atoms with Gasteiger partial charge in [-0.2, -0.15) is 0 Å². The van der Waals surface area contributed by atoms with E-state index in [4.69, 9.17) is 24.0 Å². The first-order valence-electron chi connectivity index (χ1n) is 9.21. The third kappa shape index (κ3) is 2.31. The van der Waals surface area contributed by atoms with Crippen LogP contribution in [0.15, 0.2) is 0 Å². The first-order valence-corrected chi connectivity index (χ1v) is 9.21. The maximum atomic E-state index is 6.32. The molecule has 0 aromatic heterocycles. The third-order valence-corrected chi connectivity index (χ3v) is 6.50. The predicted molar refractivity (Wildman–Crippen MR) is 83.0 cm³/mol. The molecule has 5 rings (SSSR count). The number of hydrogen-bond acceptors (Lipinski definition) is 5. The lowest BCUT2D eigenvalue weighted by Gasteiger charge is -2.60. The summed E-state index contributed by atoms with van der Waals surface area (Å²) in [6.07, 6.45) is 3.74. The van der Waals surface area contributed by atoms with Crippen molar-refractivity contribution in [2.75, 3.05) is 0 Å². The van der Waals surface area contributed by atoms with E-state index < -0.39 is 17.7 Å². The monoisotopic (exact) mass is 326 g/mol. The van der Waals surface area contributed by atoms with Gasteiger partial charge in [0.25, 0.3) is 0 Å². The summed E-state index contributed by atoms with van der Waals surface area (Å²) < 4.78 is 18.7. The maximum Gasteiger partial charge on any atom is 0.201 e. The lowest BCUT2D eigenvalue weighted by atomic mass is 9.58. The quantitative estimate of drug-likeness (QED) is 0.725. The van der Waals surface area contributed by atoms with Gasteiger partial charge in [0, 0.05) is 18.3 Å². The Hall–Kier alpha value is -0.200. The summed E-state index contributed by atoms with van der Waals surface area (Å²) in [4.78, 5) is 11.9.